The predicted octanol–water partition coefficient (Wildman–Crippen LogP) is 4.47. The smallest absolute Gasteiger partial charge is 0.0820 e. The van der Waals surface area contributed by atoms with Crippen LogP contribution < -0.4 is 0 Å². The van der Waals surface area contributed by atoms with Crippen molar-refractivity contribution < 1.29 is 5.11 Å². The average Bonchev–Trinajstić information content (AvgIpc) is 2.34. The third kappa shape index (κ3) is 2.77. The maximum atomic E-state index is 10.6. The highest BCUT2D eigenvalue weighted by Gasteiger charge is 2.26. The second-order valence-electron chi connectivity index (χ2n) is 6.26. The van der Waals surface area contributed by atoms with Gasteiger partial charge in [-0.05, 0) is 67.7 Å². The first-order chi connectivity index (χ1) is 8.49. The molecule has 1 nitrogen and oxygen atoms in total. The normalized spacial score (nSPS) is 26.1. The highest BCUT2D eigenvalue weighted by atomic mass is 16.3. The average molecular weight is 246 g/mol. The Balaban J connectivity index is 2.18. The molecular formula is C17H26O. The fourth-order valence-electron chi connectivity index (χ4n) is 3.16. The molecule has 1 aromatic carbocycles. The summed E-state index contributed by atoms with van der Waals surface area (Å²) < 4.78 is 0. The third-order valence-electron chi connectivity index (χ3n) is 4.71. The summed E-state index contributed by atoms with van der Waals surface area (Å²) in [6.07, 6.45) is 4.62. The fourth-order valence-corrected chi connectivity index (χ4v) is 3.16. The van der Waals surface area contributed by atoms with Crippen LogP contribution in [0.15, 0.2) is 12.1 Å². The van der Waals surface area contributed by atoms with Crippen LogP contribution in [0.2, 0.25) is 0 Å². The largest absolute Gasteiger partial charge is 0.388 e. The van der Waals surface area contributed by atoms with Crippen molar-refractivity contribution in [2.45, 2.75) is 59.5 Å². The van der Waals surface area contributed by atoms with Gasteiger partial charge in [0.2, 0.25) is 0 Å². The zero-order valence-corrected chi connectivity index (χ0v) is 12.2. The van der Waals surface area contributed by atoms with Crippen LogP contribution in [0.5, 0.6) is 0 Å². The number of benzene rings is 1. The van der Waals surface area contributed by atoms with Crippen LogP contribution in [0.3, 0.4) is 0 Å². The van der Waals surface area contributed by atoms with E-state index in [-0.39, 0.29) is 6.10 Å². The third-order valence-corrected chi connectivity index (χ3v) is 4.71. The second-order valence-corrected chi connectivity index (χ2v) is 6.26. The molecule has 0 saturated heterocycles. The molecule has 1 fully saturated rings. The Kier molecular flexibility index (Phi) is 4.11. The SMILES string of the molecule is Cc1cc(C)c(C(O)C2CCC(C)CC2)cc1C. The van der Waals surface area contributed by atoms with E-state index in [2.05, 4.69) is 39.8 Å². The molecule has 100 valence electrons. The lowest BCUT2D eigenvalue weighted by Gasteiger charge is -2.31. The molecule has 0 amide bonds. The summed E-state index contributed by atoms with van der Waals surface area (Å²) in [6.45, 7) is 8.72. The zero-order chi connectivity index (χ0) is 13.3. The summed E-state index contributed by atoms with van der Waals surface area (Å²) in [5, 5.41) is 10.6. The molecule has 1 aliphatic carbocycles. The van der Waals surface area contributed by atoms with Crippen molar-refractivity contribution >= 4 is 0 Å². The highest BCUT2D eigenvalue weighted by Crippen LogP contribution is 2.38. The van der Waals surface area contributed by atoms with Gasteiger partial charge in [-0.2, -0.15) is 0 Å². The zero-order valence-electron chi connectivity index (χ0n) is 12.2. The van der Waals surface area contributed by atoms with E-state index in [9.17, 15) is 5.11 Å². The van der Waals surface area contributed by atoms with Crippen molar-refractivity contribution in [1.29, 1.82) is 0 Å². The number of hydrogen-bond acceptors (Lipinski definition) is 1. The minimum Gasteiger partial charge on any atom is -0.388 e. The molecule has 1 atom stereocenters. The Morgan fingerprint density at radius 1 is 0.944 bits per heavy atom. The van der Waals surface area contributed by atoms with E-state index in [0.29, 0.717) is 5.92 Å². The summed E-state index contributed by atoms with van der Waals surface area (Å²) in [6, 6.07) is 4.40. The molecule has 2 rings (SSSR count). The molecule has 0 spiro atoms. The molecule has 1 unspecified atom stereocenters. The van der Waals surface area contributed by atoms with Crippen molar-refractivity contribution in [1.82, 2.24) is 0 Å². The number of aliphatic hydroxyl groups is 1. The quantitative estimate of drug-likeness (QED) is 0.816. The van der Waals surface area contributed by atoms with Crippen LogP contribution in [-0.2, 0) is 0 Å². The summed E-state index contributed by atoms with van der Waals surface area (Å²) >= 11 is 0. The Hall–Kier alpha value is -0.820. The van der Waals surface area contributed by atoms with Crippen molar-refractivity contribution in [3.05, 3.63) is 34.4 Å². The van der Waals surface area contributed by atoms with Crippen molar-refractivity contribution in [2.75, 3.05) is 0 Å². The molecule has 0 heterocycles. The molecule has 0 aromatic heterocycles. The minimum atomic E-state index is -0.267. The maximum Gasteiger partial charge on any atom is 0.0820 e. The van der Waals surface area contributed by atoms with E-state index in [1.807, 2.05) is 0 Å². The van der Waals surface area contributed by atoms with E-state index in [1.165, 1.54) is 42.4 Å². The van der Waals surface area contributed by atoms with Gasteiger partial charge in [-0.25, -0.2) is 0 Å². The Bertz CT molecular complexity index is 414. The van der Waals surface area contributed by atoms with Crippen LogP contribution >= 0.6 is 0 Å². The molecule has 0 radical (unpaired) electrons. The molecule has 1 aromatic rings. The van der Waals surface area contributed by atoms with Crippen LogP contribution in [0.4, 0.5) is 0 Å². The van der Waals surface area contributed by atoms with Gasteiger partial charge in [0, 0.05) is 0 Å². The number of aliphatic hydroxyl groups excluding tert-OH is 1. The van der Waals surface area contributed by atoms with Crippen molar-refractivity contribution in [3.63, 3.8) is 0 Å². The summed E-state index contributed by atoms with van der Waals surface area (Å²) in [5.74, 6) is 1.30. The monoisotopic (exact) mass is 246 g/mol. The molecule has 0 bridgehead atoms. The van der Waals surface area contributed by atoms with Crippen molar-refractivity contribution in [3.8, 4) is 0 Å². The Morgan fingerprint density at radius 3 is 2.11 bits per heavy atom. The topological polar surface area (TPSA) is 20.2 Å². The second kappa shape index (κ2) is 5.44. The molecule has 1 heteroatoms. The predicted molar refractivity (Wildman–Crippen MR) is 76.7 cm³/mol. The summed E-state index contributed by atoms with van der Waals surface area (Å²) in [7, 11) is 0. The molecule has 0 aliphatic heterocycles. The van der Waals surface area contributed by atoms with Gasteiger partial charge in [-0.15, -0.1) is 0 Å². The lowest BCUT2D eigenvalue weighted by molar-refractivity contribution is 0.0750. The maximum absolute atomic E-state index is 10.6. The molecular weight excluding hydrogens is 220 g/mol. The van der Waals surface area contributed by atoms with Gasteiger partial charge in [0.25, 0.3) is 0 Å². The number of aryl methyl sites for hydroxylation is 3. The van der Waals surface area contributed by atoms with E-state index in [4.69, 9.17) is 0 Å². The van der Waals surface area contributed by atoms with Gasteiger partial charge in [-0.1, -0.05) is 31.9 Å². The lowest BCUT2D eigenvalue weighted by atomic mass is 9.77. The van der Waals surface area contributed by atoms with E-state index in [1.54, 1.807) is 0 Å². The van der Waals surface area contributed by atoms with E-state index in [0.717, 1.165) is 11.5 Å². The van der Waals surface area contributed by atoms with Crippen LogP contribution in [0, 0.1) is 32.6 Å². The molecule has 1 N–H and O–H groups in total. The van der Waals surface area contributed by atoms with E-state index >= 15 is 0 Å². The van der Waals surface area contributed by atoms with E-state index < -0.39 is 0 Å². The molecule has 1 saturated carbocycles. The fraction of sp³-hybridized carbons (Fsp3) is 0.647. The molecule has 1 aliphatic rings. The first-order valence-electron chi connectivity index (χ1n) is 7.25. The van der Waals surface area contributed by atoms with Crippen LogP contribution in [-0.4, -0.2) is 5.11 Å². The first-order valence-corrected chi connectivity index (χ1v) is 7.25. The number of rotatable bonds is 2. The van der Waals surface area contributed by atoms with Gasteiger partial charge >= 0.3 is 0 Å². The van der Waals surface area contributed by atoms with Crippen LogP contribution in [0.1, 0.15) is 61.0 Å². The Morgan fingerprint density at radius 2 is 1.50 bits per heavy atom. The van der Waals surface area contributed by atoms with Gasteiger partial charge in [0.15, 0.2) is 0 Å². The highest BCUT2D eigenvalue weighted by molar-refractivity contribution is 5.37. The standard InChI is InChI=1S/C17H26O/c1-11-5-7-15(8-6-11)17(18)16-10-13(3)12(2)9-14(16)4/h9-11,15,17-18H,5-8H2,1-4H3. The minimum absolute atomic E-state index is 0.267. The summed E-state index contributed by atoms with van der Waals surface area (Å²) in [4.78, 5) is 0. The van der Waals surface area contributed by atoms with Gasteiger partial charge in [0.1, 0.15) is 0 Å². The lowest BCUT2D eigenvalue weighted by Crippen LogP contribution is -2.20. The first kappa shape index (κ1) is 13.6. The van der Waals surface area contributed by atoms with Gasteiger partial charge in [-0.3, -0.25) is 0 Å². The number of hydrogen-bond donors (Lipinski definition) is 1. The van der Waals surface area contributed by atoms with Gasteiger partial charge < -0.3 is 5.11 Å². The van der Waals surface area contributed by atoms with Gasteiger partial charge in [0.05, 0.1) is 6.10 Å². The Labute approximate surface area is 111 Å². The van der Waals surface area contributed by atoms with Crippen LogP contribution in [0.25, 0.3) is 0 Å². The summed E-state index contributed by atoms with van der Waals surface area (Å²) in [5.41, 5.74) is 5.00. The van der Waals surface area contributed by atoms with Crippen molar-refractivity contribution in [2.24, 2.45) is 11.8 Å². The molecule has 18 heavy (non-hydrogen) atoms.